The Labute approximate surface area is 206 Å². The van der Waals surface area contributed by atoms with E-state index in [1.165, 1.54) is 9.80 Å². The van der Waals surface area contributed by atoms with Crippen molar-refractivity contribution in [3.05, 3.63) is 59.9 Å². The molecule has 2 heterocycles. The first kappa shape index (κ1) is 26.1. The number of ether oxygens (including phenoxy) is 1. The van der Waals surface area contributed by atoms with Gasteiger partial charge < -0.3 is 15.2 Å². The first-order valence-corrected chi connectivity index (χ1v) is 11.6. The Morgan fingerprint density at radius 3 is 2.60 bits per heavy atom. The van der Waals surface area contributed by atoms with Gasteiger partial charge in [-0.2, -0.15) is 5.26 Å². The van der Waals surface area contributed by atoms with Crippen LogP contribution in [0.15, 0.2) is 48.8 Å². The minimum atomic E-state index is -1.04. The van der Waals surface area contributed by atoms with Gasteiger partial charge in [-0.25, -0.2) is 0 Å². The second-order valence-electron chi connectivity index (χ2n) is 9.64. The summed E-state index contributed by atoms with van der Waals surface area (Å²) in [7, 11) is 1.54. The maximum atomic E-state index is 14.0. The van der Waals surface area contributed by atoms with E-state index in [1.54, 1.807) is 31.6 Å². The number of aliphatic hydroxyl groups is 1. The molecule has 0 aliphatic carbocycles. The third-order valence-corrected chi connectivity index (χ3v) is 6.05. The number of amides is 2. The van der Waals surface area contributed by atoms with Gasteiger partial charge in [0.2, 0.25) is 5.91 Å². The Kier molecular flexibility index (Phi) is 8.43. The van der Waals surface area contributed by atoms with E-state index >= 15 is 0 Å². The van der Waals surface area contributed by atoms with Gasteiger partial charge in [0.25, 0.3) is 5.91 Å². The number of hydrogen-bond donors (Lipinski definition) is 2. The molecule has 2 N–H and O–H groups in total. The molecule has 1 fully saturated rings. The van der Waals surface area contributed by atoms with Crippen molar-refractivity contribution in [1.29, 1.82) is 5.26 Å². The largest absolute Gasteiger partial charge is 0.391 e. The molecular weight excluding hydrogens is 446 g/mol. The van der Waals surface area contributed by atoms with E-state index in [0.717, 1.165) is 5.56 Å². The van der Waals surface area contributed by atoms with Crippen molar-refractivity contribution in [2.24, 2.45) is 0 Å². The smallest absolute Gasteiger partial charge is 0.251 e. The third-order valence-electron chi connectivity index (χ3n) is 6.05. The molecule has 1 unspecified atom stereocenters. The molecule has 35 heavy (non-hydrogen) atoms. The van der Waals surface area contributed by atoms with Crippen molar-refractivity contribution in [2.75, 3.05) is 31.7 Å². The van der Waals surface area contributed by atoms with Crippen molar-refractivity contribution < 1.29 is 19.4 Å². The molecule has 0 spiro atoms. The molecular formula is C26H33N5O4. The van der Waals surface area contributed by atoms with Crippen LogP contribution < -0.4 is 10.2 Å². The topological polar surface area (TPSA) is 119 Å². The van der Waals surface area contributed by atoms with Crippen LogP contribution in [0.3, 0.4) is 0 Å². The van der Waals surface area contributed by atoms with Gasteiger partial charge in [0.1, 0.15) is 12.1 Å². The van der Waals surface area contributed by atoms with Gasteiger partial charge in [0.15, 0.2) is 6.19 Å². The summed E-state index contributed by atoms with van der Waals surface area (Å²) < 4.78 is 5.06. The molecule has 2 aromatic rings. The number of carbonyl (C=O) groups is 2. The van der Waals surface area contributed by atoms with Gasteiger partial charge in [-0.1, -0.05) is 39.0 Å². The highest BCUT2D eigenvalue weighted by Gasteiger charge is 2.42. The molecule has 2 amide bonds. The average Bonchev–Trinajstić information content (AvgIpc) is 3.23. The Morgan fingerprint density at radius 1 is 1.31 bits per heavy atom. The highest BCUT2D eigenvalue weighted by atomic mass is 16.5. The Morgan fingerprint density at radius 2 is 2.03 bits per heavy atom. The summed E-state index contributed by atoms with van der Waals surface area (Å²) in [6, 6.07) is 9.02. The predicted molar refractivity (Wildman–Crippen MR) is 131 cm³/mol. The molecule has 0 saturated carbocycles. The molecule has 3 atom stereocenters. The minimum Gasteiger partial charge on any atom is -0.391 e. The first-order chi connectivity index (χ1) is 16.7. The van der Waals surface area contributed by atoms with Crippen molar-refractivity contribution in [1.82, 2.24) is 15.2 Å². The lowest BCUT2D eigenvalue weighted by molar-refractivity contribution is -0.128. The monoisotopic (exact) mass is 479 g/mol. The van der Waals surface area contributed by atoms with E-state index in [-0.39, 0.29) is 24.9 Å². The fraction of sp³-hybridized carbons (Fsp3) is 0.462. The number of benzene rings is 1. The Balaban J connectivity index is 2.10. The maximum absolute atomic E-state index is 14.0. The number of hydrogen-bond acceptors (Lipinski definition) is 7. The fourth-order valence-electron chi connectivity index (χ4n) is 4.17. The number of anilines is 1. The van der Waals surface area contributed by atoms with Crippen LogP contribution in [0.4, 0.5) is 5.69 Å². The van der Waals surface area contributed by atoms with Crippen LogP contribution in [0.1, 0.15) is 44.4 Å². The number of carbonyl (C=O) groups excluding carboxylic acids is 2. The zero-order valence-corrected chi connectivity index (χ0v) is 20.6. The lowest BCUT2D eigenvalue weighted by Crippen LogP contribution is -2.50. The second-order valence-corrected chi connectivity index (χ2v) is 9.64. The van der Waals surface area contributed by atoms with Crippen LogP contribution in [0.2, 0.25) is 0 Å². The van der Waals surface area contributed by atoms with Gasteiger partial charge in [-0.3, -0.25) is 24.4 Å². The quantitative estimate of drug-likeness (QED) is 0.440. The van der Waals surface area contributed by atoms with Gasteiger partial charge >= 0.3 is 0 Å². The number of nitrogens with zero attached hydrogens (tertiary/aromatic N) is 4. The number of aliphatic hydroxyl groups excluding tert-OH is 1. The van der Waals surface area contributed by atoms with E-state index in [9.17, 15) is 20.0 Å². The van der Waals surface area contributed by atoms with E-state index in [1.807, 2.05) is 30.5 Å². The summed E-state index contributed by atoms with van der Waals surface area (Å²) in [4.78, 5) is 34.3. The molecule has 1 aromatic carbocycles. The standard InChI is InChI=1S/C26H33N5O4/c1-26(2,3)19-7-9-20(10-8-19)31(25(34)22-14-21(32)16-30(22)17-27)23(18-6-5-11-28-15-18)24(33)29-12-13-35-4/h5-11,15,21-23,32H,12-14,16H2,1-4H3,(H,29,33)/t21-,22-,23?/m1/s1. The molecule has 3 rings (SSSR count). The van der Waals surface area contributed by atoms with Crippen LogP contribution in [0.5, 0.6) is 0 Å². The highest BCUT2D eigenvalue weighted by Crippen LogP contribution is 2.33. The number of nitriles is 1. The zero-order valence-electron chi connectivity index (χ0n) is 20.6. The molecule has 0 radical (unpaired) electrons. The number of nitrogens with one attached hydrogen (secondary N) is 1. The summed E-state index contributed by atoms with van der Waals surface area (Å²) in [6.07, 6.45) is 4.45. The molecule has 1 aliphatic heterocycles. The SMILES string of the molecule is COCCNC(=O)C(c1cccnc1)N(C(=O)[C@H]1C[C@@H](O)CN1C#N)c1ccc(C(C)(C)C)cc1. The van der Waals surface area contributed by atoms with Crippen LogP contribution in [-0.2, 0) is 19.7 Å². The number of rotatable bonds is 8. The molecule has 1 saturated heterocycles. The van der Waals surface area contributed by atoms with E-state index < -0.39 is 30.0 Å². The lowest BCUT2D eigenvalue weighted by atomic mass is 9.87. The van der Waals surface area contributed by atoms with Crippen molar-refractivity contribution in [3.8, 4) is 6.19 Å². The van der Waals surface area contributed by atoms with E-state index in [0.29, 0.717) is 17.9 Å². The van der Waals surface area contributed by atoms with Crippen LogP contribution in [0, 0.1) is 11.5 Å². The van der Waals surface area contributed by atoms with Crippen molar-refractivity contribution in [3.63, 3.8) is 0 Å². The van der Waals surface area contributed by atoms with E-state index in [4.69, 9.17) is 4.74 Å². The minimum absolute atomic E-state index is 0.0707. The number of pyridine rings is 1. The first-order valence-electron chi connectivity index (χ1n) is 11.6. The van der Waals surface area contributed by atoms with Gasteiger partial charge in [0, 0.05) is 43.7 Å². The highest BCUT2D eigenvalue weighted by molar-refractivity contribution is 6.04. The maximum Gasteiger partial charge on any atom is 0.251 e. The zero-order chi connectivity index (χ0) is 25.6. The average molecular weight is 480 g/mol. The molecule has 1 aromatic heterocycles. The number of likely N-dealkylation sites (tertiary alicyclic amines) is 1. The molecule has 9 heteroatoms. The summed E-state index contributed by atoms with van der Waals surface area (Å²) in [6.45, 7) is 6.94. The Hall–Kier alpha value is -3.48. The van der Waals surface area contributed by atoms with Crippen LogP contribution >= 0.6 is 0 Å². The predicted octanol–water partition coefficient (Wildman–Crippen LogP) is 2.13. The van der Waals surface area contributed by atoms with Crippen LogP contribution in [0.25, 0.3) is 0 Å². The molecule has 1 aliphatic rings. The second kappa shape index (κ2) is 11.3. The third kappa shape index (κ3) is 6.15. The molecule has 0 bridgehead atoms. The normalized spacial score (nSPS) is 18.6. The van der Waals surface area contributed by atoms with Crippen molar-refractivity contribution >= 4 is 17.5 Å². The van der Waals surface area contributed by atoms with Gasteiger partial charge in [-0.05, 0) is 29.2 Å². The van der Waals surface area contributed by atoms with E-state index in [2.05, 4.69) is 31.1 Å². The van der Waals surface area contributed by atoms with Crippen molar-refractivity contribution in [2.45, 2.75) is 50.8 Å². The number of aromatic nitrogens is 1. The summed E-state index contributed by atoms with van der Waals surface area (Å²) in [5.74, 6) is -0.840. The van der Waals surface area contributed by atoms with Gasteiger partial charge in [0.05, 0.1) is 19.3 Å². The fourth-order valence-corrected chi connectivity index (χ4v) is 4.17. The number of β-amino-alcohol motifs (C(OH)–C–C–N with tert-alkyl or cyclic N) is 1. The summed E-state index contributed by atoms with van der Waals surface area (Å²) in [5, 5.41) is 22.6. The summed E-state index contributed by atoms with van der Waals surface area (Å²) >= 11 is 0. The van der Waals surface area contributed by atoms with Crippen LogP contribution in [-0.4, -0.2) is 65.8 Å². The Bertz CT molecular complexity index is 1050. The molecule has 9 nitrogen and oxygen atoms in total. The van der Waals surface area contributed by atoms with Gasteiger partial charge in [-0.15, -0.1) is 0 Å². The summed E-state index contributed by atoms with van der Waals surface area (Å²) in [5.41, 5.74) is 2.02. The molecule has 186 valence electrons. The lowest BCUT2D eigenvalue weighted by Gasteiger charge is -2.34. The number of methoxy groups -OCH3 is 1.